The van der Waals surface area contributed by atoms with Crippen LogP contribution in [0.1, 0.15) is 29.8 Å². The highest BCUT2D eigenvalue weighted by Gasteiger charge is 2.45. The van der Waals surface area contributed by atoms with E-state index in [-0.39, 0.29) is 11.6 Å². The van der Waals surface area contributed by atoms with Gasteiger partial charge in [-0.2, -0.15) is 0 Å². The van der Waals surface area contributed by atoms with Crippen molar-refractivity contribution in [3.63, 3.8) is 0 Å². The van der Waals surface area contributed by atoms with Gasteiger partial charge < -0.3 is 8.98 Å². The van der Waals surface area contributed by atoms with Crippen molar-refractivity contribution in [2.24, 2.45) is 7.05 Å². The average molecular weight is 333 g/mol. The van der Waals surface area contributed by atoms with E-state index in [4.69, 9.17) is 4.42 Å². The molecule has 0 spiro atoms. The largest absolute Gasteiger partial charge is 0.454 e. The normalized spacial score (nSPS) is 15.6. The summed E-state index contributed by atoms with van der Waals surface area (Å²) in [6.07, 6.45) is 0. The Balaban J connectivity index is 2.03. The predicted octanol–water partition coefficient (Wildman–Crippen LogP) is 5.20. The predicted molar refractivity (Wildman–Crippen MR) is 95.4 cm³/mol. The minimum atomic E-state index is -0.711. The van der Waals surface area contributed by atoms with Crippen LogP contribution in [0.5, 0.6) is 0 Å². The van der Waals surface area contributed by atoms with Crippen molar-refractivity contribution < 1.29 is 13.6 Å². The van der Waals surface area contributed by atoms with E-state index in [1.807, 2.05) is 49.7 Å². The number of para-hydroxylation sites is 1. The van der Waals surface area contributed by atoms with E-state index in [0.29, 0.717) is 16.8 Å². The fraction of sp³-hybridized carbons (Fsp3) is 0.190. The molecule has 4 aromatic rings. The number of fused-ring (bicyclic) bond motifs is 7. The third-order valence-corrected chi connectivity index (χ3v) is 5.39. The molecule has 25 heavy (non-hydrogen) atoms. The summed E-state index contributed by atoms with van der Waals surface area (Å²) in [6.45, 7) is 3.86. The van der Waals surface area contributed by atoms with Crippen LogP contribution in [-0.2, 0) is 12.5 Å². The number of benzene rings is 2. The molecule has 0 saturated carbocycles. The third-order valence-electron chi connectivity index (χ3n) is 5.39. The Bertz CT molecular complexity index is 1210. The molecule has 1 aliphatic rings. The van der Waals surface area contributed by atoms with Crippen molar-refractivity contribution in [2.75, 3.05) is 0 Å². The highest BCUT2D eigenvalue weighted by molar-refractivity contribution is 6.21. The number of hydrogen-bond donors (Lipinski definition) is 0. The lowest BCUT2D eigenvalue weighted by Gasteiger charge is -2.28. The van der Waals surface area contributed by atoms with Gasteiger partial charge in [0, 0.05) is 23.4 Å². The van der Waals surface area contributed by atoms with Crippen molar-refractivity contribution in [3.8, 4) is 11.5 Å². The summed E-state index contributed by atoms with van der Waals surface area (Å²) >= 11 is 0. The molecule has 5 rings (SSSR count). The van der Waals surface area contributed by atoms with E-state index >= 15 is 0 Å². The molecule has 1 aliphatic carbocycles. The number of rotatable bonds is 0. The highest BCUT2D eigenvalue weighted by Crippen LogP contribution is 2.50. The number of carbonyl (C=O) groups excluding carboxylic acids is 1. The van der Waals surface area contributed by atoms with Crippen LogP contribution in [-0.4, -0.2) is 10.4 Å². The second-order valence-electron chi connectivity index (χ2n) is 7.20. The molecule has 3 nitrogen and oxygen atoms in total. The molecular formula is C21H16FNO2. The van der Waals surface area contributed by atoms with Gasteiger partial charge in [0.1, 0.15) is 11.4 Å². The molecule has 0 amide bonds. The molecule has 0 atom stereocenters. The van der Waals surface area contributed by atoms with Crippen molar-refractivity contribution >= 4 is 27.7 Å². The van der Waals surface area contributed by atoms with E-state index in [0.717, 1.165) is 27.6 Å². The Kier molecular flexibility index (Phi) is 2.54. The zero-order valence-electron chi connectivity index (χ0n) is 14.2. The fourth-order valence-corrected chi connectivity index (χ4v) is 4.16. The van der Waals surface area contributed by atoms with Crippen LogP contribution in [0.3, 0.4) is 0 Å². The lowest BCUT2D eigenvalue weighted by molar-refractivity contribution is 0.0908. The Hall–Kier alpha value is -2.88. The number of halogens is 1. The zero-order chi connectivity index (χ0) is 17.5. The summed E-state index contributed by atoms with van der Waals surface area (Å²) in [5.41, 5.74) is 3.01. The zero-order valence-corrected chi connectivity index (χ0v) is 14.2. The number of ketones is 1. The van der Waals surface area contributed by atoms with Crippen LogP contribution in [0, 0.1) is 5.82 Å². The number of aromatic nitrogens is 1. The molecule has 2 aromatic heterocycles. The van der Waals surface area contributed by atoms with Gasteiger partial charge in [-0.05, 0) is 38.1 Å². The number of nitrogens with zero attached hydrogens (tertiary/aromatic N) is 1. The van der Waals surface area contributed by atoms with E-state index in [1.165, 1.54) is 12.1 Å². The maximum absolute atomic E-state index is 13.8. The van der Waals surface area contributed by atoms with Crippen molar-refractivity contribution in [3.05, 3.63) is 59.4 Å². The second kappa shape index (κ2) is 4.39. The highest BCUT2D eigenvalue weighted by atomic mass is 19.1. The summed E-state index contributed by atoms with van der Waals surface area (Å²) in [5, 5.41) is 1.72. The molecule has 0 fully saturated rings. The van der Waals surface area contributed by atoms with E-state index in [1.54, 1.807) is 6.07 Å². The van der Waals surface area contributed by atoms with Crippen LogP contribution < -0.4 is 0 Å². The van der Waals surface area contributed by atoms with Gasteiger partial charge in [0.2, 0.25) is 0 Å². The summed E-state index contributed by atoms with van der Waals surface area (Å²) in [5.74, 6) is 0.431. The Labute approximate surface area is 143 Å². The smallest absolute Gasteiger partial charge is 0.175 e. The van der Waals surface area contributed by atoms with Gasteiger partial charge in [-0.25, -0.2) is 4.39 Å². The molecule has 2 aromatic carbocycles. The van der Waals surface area contributed by atoms with Gasteiger partial charge in [0.15, 0.2) is 11.5 Å². The van der Waals surface area contributed by atoms with Crippen LogP contribution in [0.4, 0.5) is 4.39 Å². The first-order chi connectivity index (χ1) is 11.9. The Morgan fingerprint density at radius 1 is 1.08 bits per heavy atom. The average Bonchev–Trinajstić information content (AvgIpc) is 3.09. The molecule has 0 unspecified atom stereocenters. The maximum Gasteiger partial charge on any atom is 0.175 e. The van der Waals surface area contributed by atoms with Crippen LogP contribution in [0.2, 0.25) is 0 Å². The summed E-state index contributed by atoms with van der Waals surface area (Å²) in [7, 11) is 1.85. The van der Waals surface area contributed by atoms with Gasteiger partial charge in [-0.1, -0.05) is 18.2 Å². The molecule has 0 aliphatic heterocycles. The third kappa shape index (κ3) is 1.62. The Morgan fingerprint density at radius 3 is 2.64 bits per heavy atom. The number of carbonyl (C=O) groups is 1. The fourth-order valence-electron chi connectivity index (χ4n) is 4.16. The minimum absolute atomic E-state index is 0.0405. The van der Waals surface area contributed by atoms with Gasteiger partial charge in [-0.3, -0.25) is 4.79 Å². The van der Waals surface area contributed by atoms with Crippen LogP contribution in [0.25, 0.3) is 33.3 Å². The van der Waals surface area contributed by atoms with E-state index in [9.17, 15) is 9.18 Å². The number of Topliss-reactive ketones (excluding diaryl/α,β-unsaturated/α-hetero) is 1. The van der Waals surface area contributed by atoms with Gasteiger partial charge in [0.05, 0.1) is 22.2 Å². The maximum atomic E-state index is 13.8. The van der Waals surface area contributed by atoms with Crippen molar-refractivity contribution in [1.29, 1.82) is 0 Å². The molecule has 0 saturated heterocycles. The van der Waals surface area contributed by atoms with E-state index < -0.39 is 5.41 Å². The summed E-state index contributed by atoms with van der Waals surface area (Å²) < 4.78 is 21.8. The second-order valence-corrected chi connectivity index (χ2v) is 7.20. The summed E-state index contributed by atoms with van der Waals surface area (Å²) in [6, 6.07) is 12.3. The van der Waals surface area contributed by atoms with Gasteiger partial charge in [-0.15, -0.1) is 0 Å². The Morgan fingerprint density at radius 2 is 1.84 bits per heavy atom. The SMILES string of the molecule is Cn1c2c(c3ccc(F)cc31)C(=O)C(C)(C)c1c-2oc2ccccc12. The van der Waals surface area contributed by atoms with Gasteiger partial charge >= 0.3 is 0 Å². The van der Waals surface area contributed by atoms with Crippen LogP contribution >= 0.6 is 0 Å². The first-order valence-electron chi connectivity index (χ1n) is 8.26. The number of hydrogen-bond acceptors (Lipinski definition) is 2. The number of aryl methyl sites for hydroxylation is 1. The minimum Gasteiger partial charge on any atom is -0.454 e. The molecule has 4 heteroatoms. The lowest BCUT2D eigenvalue weighted by atomic mass is 9.72. The standard InChI is InChI=1S/C21H16FNO2/c1-21(2)17-13-6-4-5-7-15(13)25-19(17)18-16(20(21)24)12-9-8-11(22)10-14(12)23(18)3/h4-10H,1-3H3. The van der Waals surface area contributed by atoms with Crippen molar-refractivity contribution in [1.82, 2.24) is 4.57 Å². The monoisotopic (exact) mass is 333 g/mol. The lowest BCUT2D eigenvalue weighted by Crippen LogP contribution is -2.33. The van der Waals surface area contributed by atoms with E-state index in [2.05, 4.69) is 0 Å². The molecule has 0 N–H and O–H groups in total. The van der Waals surface area contributed by atoms with Crippen molar-refractivity contribution in [2.45, 2.75) is 19.3 Å². The number of furan rings is 1. The molecule has 0 radical (unpaired) electrons. The topological polar surface area (TPSA) is 35.1 Å². The quantitative estimate of drug-likeness (QED) is 0.443. The summed E-state index contributed by atoms with van der Waals surface area (Å²) in [4.78, 5) is 13.4. The molecule has 2 heterocycles. The van der Waals surface area contributed by atoms with Crippen LogP contribution in [0.15, 0.2) is 46.9 Å². The van der Waals surface area contributed by atoms with Gasteiger partial charge in [0.25, 0.3) is 0 Å². The molecule has 124 valence electrons. The molecule has 0 bridgehead atoms. The molecular weight excluding hydrogens is 317 g/mol. The first-order valence-corrected chi connectivity index (χ1v) is 8.26. The first kappa shape index (κ1) is 14.5.